The lowest BCUT2D eigenvalue weighted by Gasteiger charge is -2.21. The van der Waals surface area contributed by atoms with Gasteiger partial charge in [-0.05, 0) is 49.9 Å². The lowest BCUT2D eigenvalue weighted by molar-refractivity contribution is 0.00370. The first kappa shape index (κ1) is 14.1. The van der Waals surface area contributed by atoms with Gasteiger partial charge in [0.25, 0.3) is 0 Å². The summed E-state index contributed by atoms with van der Waals surface area (Å²) >= 11 is 0. The molecular formula is C16H21N3O2. The molecule has 1 fully saturated rings. The van der Waals surface area contributed by atoms with Crippen LogP contribution in [0.1, 0.15) is 24.8 Å². The molecule has 5 nitrogen and oxygen atoms in total. The number of benzene rings is 1. The topological polar surface area (TPSA) is 49.2 Å². The molecule has 0 amide bonds. The molecule has 0 unspecified atom stereocenters. The van der Waals surface area contributed by atoms with Gasteiger partial charge in [0, 0.05) is 12.2 Å². The van der Waals surface area contributed by atoms with Crippen LogP contribution in [0.3, 0.4) is 0 Å². The molecule has 1 aromatic heterocycles. The highest BCUT2D eigenvalue weighted by molar-refractivity contribution is 5.63. The lowest BCUT2D eigenvalue weighted by Crippen LogP contribution is -2.24. The number of aromatic nitrogens is 3. The van der Waals surface area contributed by atoms with Crippen molar-refractivity contribution >= 4 is 0 Å². The Morgan fingerprint density at radius 2 is 2.29 bits per heavy atom. The second-order valence-electron chi connectivity index (χ2n) is 5.50. The van der Waals surface area contributed by atoms with Crippen LogP contribution in [0.15, 0.2) is 24.4 Å². The first-order chi connectivity index (χ1) is 10.3. The van der Waals surface area contributed by atoms with Gasteiger partial charge in [0.2, 0.25) is 0 Å². The fourth-order valence-corrected chi connectivity index (χ4v) is 2.72. The summed E-state index contributed by atoms with van der Waals surface area (Å²) in [4.78, 5) is 0. The molecule has 1 aliphatic heterocycles. The van der Waals surface area contributed by atoms with Gasteiger partial charge in [-0.2, -0.15) is 0 Å². The monoisotopic (exact) mass is 287 g/mol. The maximum atomic E-state index is 5.75. The van der Waals surface area contributed by atoms with Crippen molar-refractivity contribution in [2.75, 3.05) is 13.7 Å². The van der Waals surface area contributed by atoms with Crippen molar-refractivity contribution in [3.63, 3.8) is 0 Å². The second kappa shape index (κ2) is 6.26. The molecule has 0 saturated carbocycles. The summed E-state index contributed by atoms with van der Waals surface area (Å²) in [6.45, 7) is 3.70. The molecule has 2 heterocycles. The fraction of sp³-hybridized carbons (Fsp3) is 0.500. The van der Waals surface area contributed by atoms with Gasteiger partial charge in [-0.15, -0.1) is 5.10 Å². The predicted molar refractivity (Wildman–Crippen MR) is 80.3 cm³/mol. The zero-order valence-electron chi connectivity index (χ0n) is 12.6. The first-order valence-corrected chi connectivity index (χ1v) is 7.43. The number of nitrogens with zero attached hydrogens (tertiary/aromatic N) is 3. The highest BCUT2D eigenvalue weighted by Crippen LogP contribution is 2.25. The van der Waals surface area contributed by atoms with Crippen LogP contribution >= 0.6 is 0 Å². The van der Waals surface area contributed by atoms with Crippen molar-refractivity contribution in [2.24, 2.45) is 0 Å². The zero-order chi connectivity index (χ0) is 14.7. The molecule has 5 heteroatoms. The average molecular weight is 287 g/mol. The Bertz CT molecular complexity index is 603. The summed E-state index contributed by atoms with van der Waals surface area (Å²) in [6, 6.07) is 5.99. The van der Waals surface area contributed by atoms with E-state index in [0.29, 0.717) is 0 Å². The number of methoxy groups -OCH3 is 1. The molecule has 1 aliphatic rings. The standard InChI is InChI=1S/C16H21N3O2/c1-12-9-13(20-2)6-7-15(12)16-11-19(18-17-16)10-14-5-3-4-8-21-14/h6-7,9,11,14H,3-5,8,10H2,1-2H3/t14-/m0/s1. The molecule has 1 aromatic carbocycles. The Labute approximate surface area is 124 Å². The zero-order valence-corrected chi connectivity index (χ0v) is 12.6. The van der Waals surface area contributed by atoms with Gasteiger partial charge in [-0.3, -0.25) is 0 Å². The fourth-order valence-electron chi connectivity index (χ4n) is 2.72. The number of aryl methyl sites for hydroxylation is 1. The van der Waals surface area contributed by atoms with Gasteiger partial charge in [-0.1, -0.05) is 5.21 Å². The molecule has 0 aliphatic carbocycles. The molecule has 1 atom stereocenters. The van der Waals surface area contributed by atoms with Crippen LogP contribution in [0.25, 0.3) is 11.3 Å². The number of ether oxygens (including phenoxy) is 2. The molecule has 0 bridgehead atoms. The van der Waals surface area contributed by atoms with Crippen molar-refractivity contribution in [1.82, 2.24) is 15.0 Å². The second-order valence-corrected chi connectivity index (χ2v) is 5.50. The van der Waals surface area contributed by atoms with E-state index < -0.39 is 0 Å². The van der Waals surface area contributed by atoms with Crippen LogP contribution in [0.4, 0.5) is 0 Å². The minimum Gasteiger partial charge on any atom is -0.497 e. The van der Waals surface area contributed by atoms with E-state index in [-0.39, 0.29) is 6.10 Å². The summed E-state index contributed by atoms with van der Waals surface area (Å²) in [7, 11) is 1.68. The summed E-state index contributed by atoms with van der Waals surface area (Å²) in [5.74, 6) is 0.860. The minimum atomic E-state index is 0.269. The molecular weight excluding hydrogens is 266 g/mol. The maximum absolute atomic E-state index is 5.75. The number of hydrogen-bond acceptors (Lipinski definition) is 4. The summed E-state index contributed by atoms with van der Waals surface area (Å²) in [5, 5.41) is 8.51. The Hall–Kier alpha value is -1.88. The normalized spacial score (nSPS) is 18.7. The summed E-state index contributed by atoms with van der Waals surface area (Å²) in [6.07, 6.45) is 5.78. The third-order valence-electron chi connectivity index (χ3n) is 3.91. The molecule has 2 aromatic rings. The van der Waals surface area contributed by atoms with E-state index in [2.05, 4.69) is 17.2 Å². The van der Waals surface area contributed by atoms with Crippen molar-refractivity contribution in [3.8, 4) is 17.0 Å². The van der Waals surface area contributed by atoms with Gasteiger partial charge in [0.15, 0.2) is 0 Å². The van der Waals surface area contributed by atoms with Crippen molar-refractivity contribution in [2.45, 2.75) is 38.8 Å². The Morgan fingerprint density at radius 1 is 1.38 bits per heavy atom. The predicted octanol–water partition coefficient (Wildman–Crippen LogP) is 2.83. The SMILES string of the molecule is COc1ccc(-c2cn(C[C@@H]3CCCCO3)nn2)c(C)c1. The van der Waals surface area contributed by atoms with E-state index in [1.165, 1.54) is 12.8 Å². The van der Waals surface area contributed by atoms with Crippen molar-refractivity contribution < 1.29 is 9.47 Å². The highest BCUT2D eigenvalue weighted by Gasteiger charge is 2.16. The molecule has 0 N–H and O–H groups in total. The smallest absolute Gasteiger partial charge is 0.119 e. The van der Waals surface area contributed by atoms with E-state index >= 15 is 0 Å². The van der Waals surface area contributed by atoms with E-state index in [4.69, 9.17) is 9.47 Å². The van der Waals surface area contributed by atoms with Crippen LogP contribution in [-0.2, 0) is 11.3 Å². The van der Waals surface area contributed by atoms with Gasteiger partial charge in [0.1, 0.15) is 11.4 Å². The van der Waals surface area contributed by atoms with Gasteiger partial charge in [-0.25, -0.2) is 4.68 Å². The third kappa shape index (κ3) is 3.24. The van der Waals surface area contributed by atoms with Crippen LogP contribution in [0.2, 0.25) is 0 Å². The number of rotatable bonds is 4. The molecule has 1 saturated heterocycles. The molecule has 21 heavy (non-hydrogen) atoms. The Balaban J connectivity index is 1.75. The maximum Gasteiger partial charge on any atom is 0.119 e. The highest BCUT2D eigenvalue weighted by atomic mass is 16.5. The summed E-state index contributed by atoms with van der Waals surface area (Å²) < 4.78 is 12.9. The average Bonchev–Trinajstić information content (AvgIpc) is 2.96. The molecule has 0 spiro atoms. The number of hydrogen-bond donors (Lipinski definition) is 0. The van der Waals surface area contributed by atoms with E-state index in [1.54, 1.807) is 7.11 Å². The van der Waals surface area contributed by atoms with Gasteiger partial charge in [0.05, 0.1) is 26.0 Å². The minimum absolute atomic E-state index is 0.269. The largest absolute Gasteiger partial charge is 0.497 e. The van der Waals surface area contributed by atoms with Crippen LogP contribution < -0.4 is 4.74 Å². The van der Waals surface area contributed by atoms with E-state index in [1.807, 2.05) is 29.1 Å². The van der Waals surface area contributed by atoms with Crippen LogP contribution in [0.5, 0.6) is 5.75 Å². The van der Waals surface area contributed by atoms with Crippen molar-refractivity contribution in [1.29, 1.82) is 0 Å². The Morgan fingerprint density at radius 3 is 3.00 bits per heavy atom. The Kier molecular flexibility index (Phi) is 4.20. The third-order valence-corrected chi connectivity index (χ3v) is 3.91. The van der Waals surface area contributed by atoms with Crippen molar-refractivity contribution in [3.05, 3.63) is 30.0 Å². The first-order valence-electron chi connectivity index (χ1n) is 7.43. The van der Waals surface area contributed by atoms with Gasteiger partial charge >= 0.3 is 0 Å². The van der Waals surface area contributed by atoms with E-state index in [9.17, 15) is 0 Å². The van der Waals surface area contributed by atoms with Crippen LogP contribution in [0, 0.1) is 6.92 Å². The van der Waals surface area contributed by atoms with Gasteiger partial charge < -0.3 is 9.47 Å². The van der Waals surface area contributed by atoms with Crippen LogP contribution in [-0.4, -0.2) is 34.8 Å². The molecule has 3 rings (SSSR count). The quantitative estimate of drug-likeness (QED) is 0.867. The molecule has 112 valence electrons. The molecule has 0 radical (unpaired) electrons. The summed E-state index contributed by atoms with van der Waals surface area (Å²) in [5.41, 5.74) is 3.12. The lowest BCUT2D eigenvalue weighted by atomic mass is 10.1. The van der Waals surface area contributed by atoms with E-state index in [0.717, 1.165) is 42.1 Å².